The van der Waals surface area contributed by atoms with Gasteiger partial charge in [-0.05, 0) is 61.4 Å². The van der Waals surface area contributed by atoms with Gasteiger partial charge in [-0.2, -0.15) is 0 Å². The molecule has 0 spiro atoms. The van der Waals surface area contributed by atoms with E-state index in [1.807, 2.05) is 0 Å². The van der Waals surface area contributed by atoms with E-state index in [4.69, 9.17) is 0 Å². The van der Waals surface area contributed by atoms with Crippen molar-refractivity contribution in [2.75, 3.05) is 0 Å². The third kappa shape index (κ3) is 2.63. The van der Waals surface area contributed by atoms with Crippen LogP contribution in [0.1, 0.15) is 11.1 Å². The van der Waals surface area contributed by atoms with Crippen molar-refractivity contribution in [1.82, 2.24) is 4.57 Å². The highest BCUT2D eigenvalue weighted by Crippen LogP contribution is 2.35. The lowest BCUT2D eigenvalue weighted by Gasteiger charge is -2.08. The molecule has 0 aliphatic rings. The van der Waals surface area contributed by atoms with Crippen molar-refractivity contribution in [3.8, 4) is 16.8 Å². The molecule has 5 aromatic rings. The van der Waals surface area contributed by atoms with E-state index in [1.54, 1.807) is 0 Å². The van der Waals surface area contributed by atoms with Crippen molar-refractivity contribution in [3.63, 3.8) is 0 Å². The average molecular weight is 347 g/mol. The van der Waals surface area contributed by atoms with E-state index in [9.17, 15) is 0 Å². The summed E-state index contributed by atoms with van der Waals surface area (Å²) in [4.78, 5) is 0. The third-order valence-electron chi connectivity index (χ3n) is 5.29. The van der Waals surface area contributed by atoms with Crippen LogP contribution >= 0.6 is 0 Å². The predicted octanol–water partition coefficient (Wildman–Crippen LogP) is 7.07. The van der Waals surface area contributed by atoms with Gasteiger partial charge in [-0.25, -0.2) is 0 Å². The van der Waals surface area contributed by atoms with Gasteiger partial charge in [0.15, 0.2) is 0 Å². The first kappa shape index (κ1) is 15.9. The monoisotopic (exact) mass is 347 g/mol. The minimum Gasteiger partial charge on any atom is -0.309 e. The molecular formula is C26H21N. The molecule has 0 radical (unpaired) electrons. The molecule has 0 atom stereocenters. The molecule has 5 rings (SSSR count). The summed E-state index contributed by atoms with van der Waals surface area (Å²) in [6.07, 6.45) is 0. The van der Waals surface area contributed by atoms with E-state index in [-0.39, 0.29) is 0 Å². The second-order valence-corrected chi connectivity index (χ2v) is 7.29. The van der Waals surface area contributed by atoms with Gasteiger partial charge in [0.05, 0.1) is 11.0 Å². The first-order valence-corrected chi connectivity index (χ1v) is 9.38. The summed E-state index contributed by atoms with van der Waals surface area (Å²) in [7, 11) is 0. The molecule has 0 saturated carbocycles. The normalized spacial score (nSPS) is 11.3. The van der Waals surface area contributed by atoms with Crippen molar-refractivity contribution < 1.29 is 0 Å². The van der Waals surface area contributed by atoms with E-state index in [0.717, 1.165) is 0 Å². The van der Waals surface area contributed by atoms with Crippen LogP contribution in [0, 0.1) is 13.8 Å². The maximum Gasteiger partial charge on any atom is 0.0541 e. The van der Waals surface area contributed by atoms with E-state index in [2.05, 4.69) is 109 Å². The third-order valence-corrected chi connectivity index (χ3v) is 5.29. The lowest BCUT2D eigenvalue weighted by Crippen LogP contribution is -1.93. The van der Waals surface area contributed by atoms with E-state index in [1.165, 1.54) is 49.7 Å². The second-order valence-electron chi connectivity index (χ2n) is 7.29. The van der Waals surface area contributed by atoms with E-state index >= 15 is 0 Å². The van der Waals surface area contributed by atoms with Crippen LogP contribution < -0.4 is 0 Å². The fraction of sp³-hybridized carbons (Fsp3) is 0.0769. The molecule has 0 saturated heterocycles. The van der Waals surface area contributed by atoms with Gasteiger partial charge in [-0.3, -0.25) is 0 Å². The number of aromatic nitrogens is 1. The van der Waals surface area contributed by atoms with Crippen molar-refractivity contribution in [2.45, 2.75) is 13.8 Å². The van der Waals surface area contributed by atoms with Crippen LogP contribution in [0.2, 0.25) is 0 Å². The molecule has 1 aromatic heterocycles. The van der Waals surface area contributed by atoms with Crippen molar-refractivity contribution >= 4 is 21.8 Å². The molecule has 0 aliphatic carbocycles. The molecule has 1 heterocycles. The number of fused-ring (bicyclic) bond motifs is 3. The fourth-order valence-corrected chi connectivity index (χ4v) is 4.00. The van der Waals surface area contributed by atoms with Gasteiger partial charge < -0.3 is 4.57 Å². The van der Waals surface area contributed by atoms with Gasteiger partial charge in [0.1, 0.15) is 0 Å². The summed E-state index contributed by atoms with van der Waals surface area (Å²) < 4.78 is 2.37. The van der Waals surface area contributed by atoms with Gasteiger partial charge in [-0.15, -0.1) is 0 Å². The largest absolute Gasteiger partial charge is 0.309 e. The lowest BCUT2D eigenvalue weighted by atomic mass is 10.0. The van der Waals surface area contributed by atoms with Crippen molar-refractivity contribution in [2.24, 2.45) is 0 Å². The Kier molecular flexibility index (Phi) is 3.61. The molecule has 0 amide bonds. The number of hydrogen-bond acceptors (Lipinski definition) is 0. The van der Waals surface area contributed by atoms with Crippen LogP contribution in [0.3, 0.4) is 0 Å². The number of nitrogens with zero attached hydrogens (tertiary/aromatic N) is 1. The van der Waals surface area contributed by atoms with E-state index in [0.29, 0.717) is 0 Å². The van der Waals surface area contributed by atoms with Gasteiger partial charge >= 0.3 is 0 Å². The number of benzene rings is 4. The highest BCUT2D eigenvalue weighted by Gasteiger charge is 2.13. The first-order valence-electron chi connectivity index (χ1n) is 9.38. The molecule has 1 heteroatoms. The molecular weight excluding hydrogens is 326 g/mol. The predicted molar refractivity (Wildman–Crippen MR) is 116 cm³/mol. The number of aryl methyl sites for hydroxylation is 2. The molecule has 0 N–H and O–H groups in total. The summed E-state index contributed by atoms with van der Waals surface area (Å²) in [5, 5.41) is 2.61. The zero-order valence-corrected chi connectivity index (χ0v) is 15.6. The Hall–Kier alpha value is -3.32. The zero-order valence-electron chi connectivity index (χ0n) is 15.6. The molecule has 0 aliphatic heterocycles. The Bertz CT molecular complexity index is 1280. The summed E-state index contributed by atoms with van der Waals surface area (Å²) in [6.45, 7) is 4.31. The Labute approximate surface area is 159 Å². The lowest BCUT2D eigenvalue weighted by molar-refractivity contribution is 1.18. The van der Waals surface area contributed by atoms with Crippen LogP contribution in [0.4, 0.5) is 0 Å². The van der Waals surface area contributed by atoms with Gasteiger partial charge in [0.2, 0.25) is 0 Å². The summed E-state index contributed by atoms with van der Waals surface area (Å²) in [5.41, 5.74) is 8.81. The molecule has 1 nitrogen and oxygen atoms in total. The molecule has 27 heavy (non-hydrogen) atoms. The number of para-hydroxylation sites is 1. The maximum absolute atomic E-state index is 2.37. The van der Waals surface area contributed by atoms with Crippen molar-refractivity contribution in [1.29, 1.82) is 0 Å². The number of rotatable bonds is 2. The summed E-state index contributed by atoms with van der Waals surface area (Å²) in [5.74, 6) is 0. The SMILES string of the molecule is Cc1cccc(-c2ccc3c(c2)c2cc(C)ccc2n3-c2ccccc2)c1. The molecule has 0 bridgehead atoms. The van der Waals surface area contributed by atoms with Gasteiger partial charge in [0.25, 0.3) is 0 Å². The van der Waals surface area contributed by atoms with Gasteiger partial charge in [-0.1, -0.05) is 65.7 Å². The van der Waals surface area contributed by atoms with Crippen LogP contribution in [-0.4, -0.2) is 4.57 Å². The molecule has 130 valence electrons. The summed E-state index contributed by atoms with van der Waals surface area (Å²) in [6, 6.07) is 32.9. The highest BCUT2D eigenvalue weighted by atomic mass is 15.0. The fourth-order valence-electron chi connectivity index (χ4n) is 4.00. The summed E-state index contributed by atoms with van der Waals surface area (Å²) >= 11 is 0. The van der Waals surface area contributed by atoms with Crippen molar-refractivity contribution in [3.05, 3.63) is 102 Å². The van der Waals surface area contributed by atoms with Gasteiger partial charge in [0, 0.05) is 16.5 Å². The highest BCUT2D eigenvalue weighted by molar-refractivity contribution is 6.10. The van der Waals surface area contributed by atoms with Crippen LogP contribution in [0.25, 0.3) is 38.6 Å². The Balaban J connectivity index is 1.85. The topological polar surface area (TPSA) is 4.93 Å². The average Bonchev–Trinajstić information content (AvgIpc) is 3.01. The standard InChI is InChI=1S/C26H21N/c1-18-7-6-8-20(15-18)21-12-14-26-24(17-21)23-16-19(2)11-13-25(23)27(26)22-9-4-3-5-10-22/h3-17H,1-2H3. The Morgan fingerprint density at radius 3 is 1.96 bits per heavy atom. The molecule has 0 unspecified atom stereocenters. The quantitative estimate of drug-likeness (QED) is 0.322. The van der Waals surface area contributed by atoms with Crippen LogP contribution in [-0.2, 0) is 0 Å². The Morgan fingerprint density at radius 2 is 1.19 bits per heavy atom. The minimum absolute atomic E-state index is 1.20. The first-order chi connectivity index (χ1) is 13.2. The molecule has 4 aromatic carbocycles. The van der Waals surface area contributed by atoms with Crippen LogP contribution in [0.15, 0.2) is 91.0 Å². The zero-order chi connectivity index (χ0) is 18.4. The Morgan fingerprint density at radius 1 is 0.519 bits per heavy atom. The minimum atomic E-state index is 1.20. The molecule has 0 fully saturated rings. The smallest absolute Gasteiger partial charge is 0.0541 e. The van der Waals surface area contributed by atoms with Crippen LogP contribution in [0.5, 0.6) is 0 Å². The second kappa shape index (κ2) is 6.14. The maximum atomic E-state index is 2.37. The van der Waals surface area contributed by atoms with E-state index < -0.39 is 0 Å². The number of hydrogen-bond donors (Lipinski definition) is 0.